The van der Waals surface area contributed by atoms with Crippen molar-refractivity contribution in [1.82, 2.24) is 15.2 Å². The summed E-state index contributed by atoms with van der Waals surface area (Å²) in [5, 5.41) is 2.65. The molecule has 1 aromatic heterocycles. The van der Waals surface area contributed by atoms with Crippen LogP contribution in [0.2, 0.25) is 0 Å². The van der Waals surface area contributed by atoms with Gasteiger partial charge in [-0.1, -0.05) is 18.2 Å². The Bertz CT molecular complexity index is 758. The number of aromatic nitrogens is 1. The number of rotatable bonds is 5. The first-order valence-electron chi connectivity index (χ1n) is 8.54. The van der Waals surface area contributed by atoms with Crippen LogP contribution in [0.1, 0.15) is 10.4 Å². The summed E-state index contributed by atoms with van der Waals surface area (Å²) in [6.07, 6.45) is 1.55. The van der Waals surface area contributed by atoms with Crippen LogP contribution in [0.4, 0.5) is 5.69 Å². The summed E-state index contributed by atoms with van der Waals surface area (Å²) in [5.74, 6) is -0.214. The molecule has 3 rings (SSSR count). The minimum absolute atomic E-state index is 0.0395. The number of nitrogens with zero attached hydrogens (tertiary/aromatic N) is 3. The monoisotopic (exact) mass is 354 g/mol. The molecule has 1 aliphatic rings. The quantitative estimate of drug-likeness (QED) is 0.872. The summed E-state index contributed by atoms with van der Waals surface area (Å²) in [7, 11) is 1.45. The van der Waals surface area contributed by atoms with Gasteiger partial charge >= 0.3 is 0 Å². The van der Waals surface area contributed by atoms with Crippen LogP contribution in [0.3, 0.4) is 0 Å². The Labute approximate surface area is 152 Å². The Balaban J connectivity index is 1.49. The zero-order valence-electron chi connectivity index (χ0n) is 14.7. The zero-order valence-corrected chi connectivity index (χ0v) is 14.7. The molecule has 7 heteroatoms. The zero-order chi connectivity index (χ0) is 18.4. The van der Waals surface area contributed by atoms with Gasteiger partial charge in [0.05, 0.1) is 13.7 Å². The highest BCUT2D eigenvalue weighted by molar-refractivity contribution is 5.98. The number of ether oxygens (including phenoxy) is 1. The van der Waals surface area contributed by atoms with Crippen molar-refractivity contribution in [3.8, 4) is 5.88 Å². The minimum atomic E-state index is -0.369. The van der Waals surface area contributed by atoms with Crippen molar-refractivity contribution in [3.05, 3.63) is 54.2 Å². The Morgan fingerprint density at radius 3 is 2.50 bits per heavy atom. The van der Waals surface area contributed by atoms with Gasteiger partial charge in [-0.15, -0.1) is 0 Å². The highest BCUT2D eigenvalue weighted by atomic mass is 16.5. The second-order valence-corrected chi connectivity index (χ2v) is 5.95. The van der Waals surface area contributed by atoms with Gasteiger partial charge in [-0.3, -0.25) is 9.59 Å². The number of piperazine rings is 1. The van der Waals surface area contributed by atoms with Crippen LogP contribution in [0.25, 0.3) is 0 Å². The third-order valence-corrected chi connectivity index (χ3v) is 4.36. The maximum Gasteiger partial charge on any atom is 0.257 e. The number of para-hydroxylation sites is 1. The molecule has 136 valence electrons. The van der Waals surface area contributed by atoms with E-state index in [1.54, 1.807) is 23.2 Å². The highest BCUT2D eigenvalue weighted by Gasteiger charge is 2.22. The normalized spacial score (nSPS) is 14.0. The van der Waals surface area contributed by atoms with E-state index in [1.807, 2.05) is 18.2 Å². The van der Waals surface area contributed by atoms with Crippen molar-refractivity contribution in [3.63, 3.8) is 0 Å². The van der Waals surface area contributed by atoms with Gasteiger partial charge in [-0.05, 0) is 24.3 Å². The van der Waals surface area contributed by atoms with Gasteiger partial charge < -0.3 is 19.9 Å². The number of carbonyl (C=O) groups is 2. The Kier molecular flexibility index (Phi) is 5.68. The summed E-state index contributed by atoms with van der Waals surface area (Å²) in [6.45, 7) is 2.79. The number of nitrogens with one attached hydrogen (secondary N) is 1. The van der Waals surface area contributed by atoms with E-state index in [1.165, 1.54) is 7.11 Å². The fourth-order valence-electron chi connectivity index (χ4n) is 2.94. The molecule has 0 radical (unpaired) electrons. The molecular formula is C19H22N4O3. The molecule has 0 atom stereocenters. The molecular weight excluding hydrogens is 332 g/mol. The average Bonchev–Trinajstić information content (AvgIpc) is 2.72. The van der Waals surface area contributed by atoms with Crippen molar-refractivity contribution >= 4 is 17.5 Å². The van der Waals surface area contributed by atoms with Gasteiger partial charge in [-0.2, -0.15) is 0 Å². The molecule has 1 aliphatic heterocycles. The number of hydrogen-bond acceptors (Lipinski definition) is 5. The van der Waals surface area contributed by atoms with E-state index in [-0.39, 0.29) is 24.2 Å². The number of amides is 2. The average molecular weight is 354 g/mol. The summed E-state index contributed by atoms with van der Waals surface area (Å²) in [5.41, 5.74) is 1.48. The molecule has 1 N–H and O–H groups in total. The lowest BCUT2D eigenvalue weighted by Crippen LogP contribution is -2.51. The first-order valence-corrected chi connectivity index (χ1v) is 8.54. The maximum atomic E-state index is 12.4. The number of pyridine rings is 1. The van der Waals surface area contributed by atoms with E-state index in [0.717, 1.165) is 18.8 Å². The van der Waals surface area contributed by atoms with E-state index in [4.69, 9.17) is 4.74 Å². The van der Waals surface area contributed by atoms with Crippen molar-refractivity contribution in [2.75, 3.05) is 44.7 Å². The number of methoxy groups -OCH3 is 1. The van der Waals surface area contributed by atoms with E-state index >= 15 is 0 Å². The summed E-state index contributed by atoms with van der Waals surface area (Å²) < 4.78 is 5.07. The molecule has 2 amide bonds. The number of anilines is 1. The van der Waals surface area contributed by atoms with Gasteiger partial charge in [-0.25, -0.2) is 4.98 Å². The number of benzene rings is 1. The predicted molar refractivity (Wildman–Crippen MR) is 98.4 cm³/mol. The SMILES string of the molecule is COc1ncccc1C(=O)NCC(=O)N1CCN(c2ccccc2)CC1. The molecule has 1 saturated heterocycles. The molecule has 0 unspecified atom stereocenters. The standard InChI is InChI=1S/C19H22N4O3/c1-26-19-16(8-5-9-20-19)18(25)21-14-17(24)23-12-10-22(11-13-23)15-6-3-2-4-7-15/h2-9H,10-14H2,1H3,(H,21,25). The topological polar surface area (TPSA) is 74.8 Å². The van der Waals surface area contributed by atoms with Crippen LogP contribution >= 0.6 is 0 Å². The van der Waals surface area contributed by atoms with Crippen LogP contribution < -0.4 is 15.0 Å². The fraction of sp³-hybridized carbons (Fsp3) is 0.316. The van der Waals surface area contributed by atoms with Crippen molar-refractivity contribution in [1.29, 1.82) is 0 Å². The number of carbonyl (C=O) groups excluding carboxylic acids is 2. The molecule has 0 spiro atoms. The van der Waals surface area contributed by atoms with Gasteiger partial charge in [0.2, 0.25) is 11.8 Å². The molecule has 2 aromatic rings. The lowest BCUT2D eigenvalue weighted by Gasteiger charge is -2.36. The summed E-state index contributed by atoms with van der Waals surface area (Å²) >= 11 is 0. The summed E-state index contributed by atoms with van der Waals surface area (Å²) in [4.78, 5) is 32.6. The van der Waals surface area contributed by atoms with Crippen molar-refractivity contribution < 1.29 is 14.3 Å². The third kappa shape index (κ3) is 4.11. The van der Waals surface area contributed by atoms with Crippen LogP contribution in [-0.2, 0) is 4.79 Å². The molecule has 0 bridgehead atoms. The van der Waals surface area contributed by atoms with Crippen LogP contribution in [0.15, 0.2) is 48.7 Å². The maximum absolute atomic E-state index is 12.4. The largest absolute Gasteiger partial charge is 0.480 e. The molecule has 0 saturated carbocycles. The van der Waals surface area contributed by atoms with Crippen molar-refractivity contribution in [2.45, 2.75) is 0 Å². The molecule has 26 heavy (non-hydrogen) atoms. The molecule has 1 fully saturated rings. The Morgan fingerprint density at radius 1 is 1.08 bits per heavy atom. The Hall–Kier alpha value is -3.09. The molecule has 2 heterocycles. The van der Waals surface area contributed by atoms with Crippen LogP contribution in [-0.4, -0.2) is 61.5 Å². The lowest BCUT2D eigenvalue weighted by atomic mass is 10.2. The van der Waals surface area contributed by atoms with Gasteiger partial charge in [0.15, 0.2) is 0 Å². The minimum Gasteiger partial charge on any atom is -0.480 e. The first-order chi connectivity index (χ1) is 12.7. The third-order valence-electron chi connectivity index (χ3n) is 4.36. The predicted octanol–water partition coefficient (Wildman–Crippen LogP) is 1.17. The first kappa shape index (κ1) is 17.7. The highest BCUT2D eigenvalue weighted by Crippen LogP contribution is 2.16. The molecule has 0 aliphatic carbocycles. The van der Waals surface area contributed by atoms with Crippen LogP contribution in [0.5, 0.6) is 5.88 Å². The van der Waals surface area contributed by atoms with E-state index < -0.39 is 0 Å². The van der Waals surface area contributed by atoms with E-state index in [0.29, 0.717) is 18.7 Å². The summed E-state index contributed by atoms with van der Waals surface area (Å²) in [6, 6.07) is 13.4. The van der Waals surface area contributed by atoms with Gasteiger partial charge in [0.1, 0.15) is 5.56 Å². The number of hydrogen-bond donors (Lipinski definition) is 1. The van der Waals surface area contributed by atoms with Crippen molar-refractivity contribution in [2.24, 2.45) is 0 Å². The van der Waals surface area contributed by atoms with E-state index in [2.05, 4.69) is 27.3 Å². The van der Waals surface area contributed by atoms with E-state index in [9.17, 15) is 9.59 Å². The van der Waals surface area contributed by atoms with Gasteiger partial charge in [0, 0.05) is 38.1 Å². The van der Waals surface area contributed by atoms with Gasteiger partial charge in [0.25, 0.3) is 5.91 Å². The Morgan fingerprint density at radius 2 is 1.81 bits per heavy atom. The lowest BCUT2D eigenvalue weighted by molar-refractivity contribution is -0.130. The smallest absolute Gasteiger partial charge is 0.257 e. The molecule has 7 nitrogen and oxygen atoms in total. The fourth-order valence-corrected chi connectivity index (χ4v) is 2.94. The van der Waals surface area contributed by atoms with Crippen LogP contribution in [0, 0.1) is 0 Å². The second-order valence-electron chi connectivity index (χ2n) is 5.95. The second kappa shape index (κ2) is 8.33. The molecule has 1 aromatic carbocycles.